The van der Waals surface area contributed by atoms with Crippen molar-refractivity contribution in [3.63, 3.8) is 0 Å². The molecule has 208 valence electrons. The highest BCUT2D eigenvalue weighted by Crippen LogP contribution is 2.29. The lowest BCUT2D eigenvalue weighted by Gasteiger charge is -2.39. The number of benzene rings is 2. The first-order valence-corrected chi connectivity index (χ1v) is 13.3. The van der Waals surface area contributed by atoms with Crippen molar-refractivity contribution in [2.24, 2.45) is 0 Å². The molecule has 0 radical (unpaired) electrons. The number of amides is 3. The van der Waals surface area contributed by atoms with Crippen molar-refractivity contribution in [3.8, 4) is 17.2 Å². The summed E-state index contributed by atoms with van der Waals surface area (Å²) in [6, 6.07) is 15.5. The third-order valence-corrected chi connectivity index (χ3v) is 6.86. The molecule has 1 fully saturated rings. The Morgan fingerprint density at radius 2 is 2.00 bits per heavy atom. The fourth-order valence-electron chi connectivity index (χ4n) is 4.93. The molecule has 40 heavy (non-hydrogen) atoms. The third-order valence-electron chi connectivity index (χ3n) is 6.86. The predicted octanol–water partition coefficient (Wildman–Crippen LogP) is 3.27. The zero-order valence-electron chi connectivity index (χ0n) is 22.5. The van der Waals surface area contributed by atoms with Crippen molar-refractivity contribution in [2.75, 3.05) is 33.3 Å². The van der Waals surface area contributed by atoms with E-state index in [-0.39, 0.29) is 36.9 Å². The van der Waals surface area contributed by atoms with Gasteiger partial charge in [0.25, 0.3) is 11.8 Å². The lowest BCUT2D eigenvalue weighted by Crippen LogP contribution is -2.58. The van der Waals surface area contributed by atoms with E-state index in [9.17, 15) is 14.4 Å². The second-order valence-corrected chi connectivity index (χ2v) is 9.84. The molecule has 1 aromatic heterocycles. The molecule has 0 saturated carbocycles. The van der Waals surface area contributed by atoms with E-state index in [0.29, 0.717) is 54.6 Å². The van der Waals surface area contributed by atoms with Crippen molar-refractivity contribution in [2.45, 2.75) is 32.1 Å². The first-order valence-electron chi connectivity index (χ1n) is 13.3. The number of carbonyl (C=O) groups excluding carboxylic acids is 3. The maximum atomic E-state index is 13.3. The number of nitrogens with one attached hydrogen (secondary N) is 1. The Kier molecular flexibility index (Phi) is 8.26. The molecule has 3 heterocycles. The number of likely N-dealkylation sites (N-methyl/N-ethyl adjacent to an activating group) is 1. The Hall–Kier alpha value is -4.44. The number of likely N-dealkylation sites (tertiary alicyclic amines) is 1. The van der Waals surface area contributed by atoms with Gasteiger partial charge in [-0.25, -0.2) is 0 Å². The van der Waals surface area contributed by atoms with Gasteiger partial charge in [-0.2, -0.15) is 0 Å². The van der Waals surface area contributed by atoms with Crippen molar-refractivity contribution >= 4 is 17.7 Å². The van der Waals surface area contributed by atoms with Crippen molar-refractivity contribution in [1.29, 1.82) is 0 Å². The molecule has 5 rings (SSSR count). The third kappa shape index (κ3) is 6.40. The lowest BCUT2D eigenvalue weighted by molar-refractivity contribution is -0.124. The maximum absolute atomic E-state index is 13.3. The van der Waals surface area contributed by atoms with Gasteiger partial charge >= 0.3 is 0 Å². The van der Waals surface area contributed by atoms with Crippen LogP contribution in [-0.2, 0) is 16.1 Å². The maximum Gasteiger partial charge on any atom is 0.255 e. The zero-order chi connectivity index (χ0) is 28.1. The van der Waals surface area contributed by atoms with Crippen LogP contribution in [0.4, 0.5) is 0 Å². The number of fused-ring (bicyclic) bond motifs is 5. The molecule has 10 nitrogen and oxygen atoms in total. The highest BCUT2D eigenvalue weighted by Gasteiger charge is 2.34. The van der Waals surface area contributed by atoms with Crippen LogP contribution in [0.15, 0.2) is 67.0 Å². The fourth-order valence-corrected chi connectivity index (χ4v) is 4.93. The number of pyridine rings is 1. The first-order chi connectivity index (χ1) is 19.4. The molecule has 0 spiro atoms. The van der Waals surface area contributed by atoms with Crippen LogP contribution in [0.2, 0.25) is 0 Å². The molecule has 0 aliphatic carbocycles. The van der Waals surface area contributed by atoms with E-state index in [1.807, 2.05) is 31.2 Å². The zero-order valence-corrected chi connectivity index (χ0v) is 22.5. The number of piperidine rings is 1. The lowest BCUT2D eigenvalue weighted by atomic mass is 10.0. The molecule has 2 aliphatic heterocycles. The van der Waals surface area contributed by atoms with Crippen LogP contribution >= 0.6 is 0 Å². The van der Waals surface area contributed by atoms with Gasteiger partial charge in [0, 0.05) is 44.2 Å². The SMILES string of the molecule is CCOc1cc2cc(c1)C(=O)N(C)CC(=O)N[C@H]1CN(C(=O)c3cccnc3)CC[C@H]1OCc1cccc(c1)O2. The Morgan fingerprint density at radius 1 is 1.12 bits per heavy atom. The van der Waals surface area contributed by atoms with Crippen molar-refractivity contribution in [3.05, 3.63) is 83.7 Å². The first kappa shape index (κ1) is 27.1. The number of carbonyl (C=O) groups is 3. The van der Waals surface area contributed by atoms with Crippen LogP contribution in [-0.4, -0.2) is 77.9 Å². The smallest absolute Gasteiger partial charge is 0.255 e. The summed E-state index contributed by atoms with van der Waals surface area (Å²) >= 11 is 0. The normalized spacial score (nSPS) is 19.8. The monoisotopic (exact) mass is 544 g/mol. The summed E-state index contributed by atoms with van der Waals surface area (Å²) < 4.78 is 18.1. The second kappa shape index (κ2) is 12.2. The highest BCUT2D eigenvalue weighted by molar-refractivity contribution is 5.97. The number of ether oxygens (including phenoxy) is 3. The summed E-state index contributed by atoms with van der Waals surface area (Å²) in [7, 11) is 1.56. The Labute approximate surface area is 232 Å². The van der Waals surface area contributed by atoms with Crippen LogP contribution in [0.3, 0.4) is 0 Å². The Bertz CT molecular complexity index is 1380. The van der Waals surface area contributed by atoms with E-state index in [0.717, 1.165) is 5.56 Å². The summed E-state index contributed by atoms with van der Waals surface area (Å²) in [6.45, 7) is 3.15. The molecule has 3 amide bonds. The topological polar surface area (TPSA) is 110 Å². The minimum Gasteiger partial charge on any atom is -0.494 e. The molecule has 4 bridgehead atoms. The average molecular weight is 545 g/mol. The number of nitrogens with zero attached hydrogens (tertiary/aromatic N) is 3. The molecule has 2 aromatic carbocycles. The summed E-state index contributed by atoms with van der Waals surface area (Å²) in [6.07, 6.45) is 3.35. The van der Waals surface area contributed by atoms with Crippen LogP contribution in [0.25, 0.3) is 0 Å². The molecular weight excluding hydrogens is 512 g/mol. The average Bonchev–Trinajstić information content (AvgIpc) is 2.96. The van der Waals surface area contributed by atoms with E-state index in [1.165, 1.54) is 11.1 Å². The van der Waals surface area contributed by atoms with Gasteiger partial charge in [0.15, 0.2) is 0 Å². The predicted molar refractivity (Wildman–Crippen MR) is 146 cm³/mol. The molecule has 2 atom stereocenters. The second-order valence-electron chi connectivity index (χ2n) is 9.84. The summed E-state index contributed by atoms with van der Waals surface area (Å²) in [4.78, 5) is 46.7. The molecular formula is C30H32N4O6. The number of hydrogen-bond donors (Lipinski definition) is 1. The van der Waals surface area contributed by atoms with Gasteiger partial charge < -0.3 is 29.3 Å². The van der Waals surface area contributed by atoms with Crippen molar-refractivity contribution < 1.29 is 28.6 Å². The van der Waals surface area contributed by atoms with E-state index >= 15 is 0 Å². The van der Waals surface area contributed by atoms with Gasteiger partial charge in [-0.3, -0.25) is 19.4 Å². The van der Waals surface area contributed by atoms with Crippen molar-refractivity contribution in [1.82, 2.24) is 20.1 Å². The summed E-state index contributed by atoms with van der Waals surface area (Å²) in [5.41, 5.74) is 1.71. The van der Waals surface area contributed by atoms with E-state index < -0.39 is 6.04 Å². The van der Waals surface area contributed by atoms with Gasteiger partial charge in [0.2, 0.25) is 5.91 Å². The molecule has 1 N–H and O–H groups in total. The van der Waals surface area contributed by atoms with E-state index in [4.69, 9.17) is 14.2 Å². The molecule has 2 aliphatic rings. The van der Waals surface area contributed by atoms with E-state index in [2.05, 4.69) is 10.3 Å². The number of aromatic nitrogens is 1. The van der Waals surface area contributed by atoms with Crippen LogP contribution in [0.5, 0.6) is 17.2 Å². The number of hydrogen-bond acceptors (Lipinski definition) is 7. The minimum absolute atomic E-state index is 0.157. The van der Waals surface area contributed by atoms with Gasteiger partial charge in [-0.05, 0) is 55.3 Å². The highest BCUT2D eigenvalue weighted by atomic mass is 16.5. The molecule has 3 aromatic rings. The standard InChI is InChI=1S/C30H32N4O6/c1-3-38-24-13-22-14-25(15-24)40-23-8-4-6-20(12-23)19-39-27-9-11-34(30(37)21-7-5-10-31-16-21)17-26(27)32-28(35)18-33(2)29(22)36/h4-8,10,12-16,26-27H,3,9,11,17-19H2,1-2H3,(H,32,35)/t26-,27+/m0/s1. The quantitative estimate of drug-likeness (QED) is 0.539. The fraction of sp³-hybridized carbons (Fsp3) is 0.333. The number of rotatable bonds is 3. The molecule has 10 heteroatoms. The van der Waals surface area contributed by atoms with Crippen LogP contribution in [0.1, 0.15) is 39.6 Å². The van der Waals surface area contributed by atoms with Gasteiger partial charge in [0.1, 0.15) is 17.2 Å². The van der Waals surface area contributed by atoms with Crippen LogP contribution < -0.4 is 14.8 Å². The van der Waals surface area contributed by atoms with Gasteiger partial charge in [-0.1, -0.05) is 12.1 Å². The largest absolute Gasteiger partial charge is 0.494 e. The van der Waals surface area contributed by atoms with Crippen LogP contribution in [0, 0.1) is 0 Å². The molecule has 0 unspecified atom stereocenters. The molecule has 1 saturated heterocycles. The summed E-state index contributed by atoms with van der Waals surface area (Å²) in [5, 5.41) is 3.02. The summed E-state index contributed by atoms with van der Waals surface area (Å²) in [5.74, 6) is 0.669. The van der Waals surface area contributed by atoms with Gasteiger partial charge in [-0.15, -0.1) is 0 Å². The Balaban J connectivity index is 1.42. The van der Waals surface area contributed by atoms with E-state index in [1.54, 1.807) is 48.5 Å². The van der Waals surface area contributed by atoms with Gasteiger partial charge in [0.05, 0.1) is 37.5 Å². The minimum atomic E-state index is -0.467. The Morgan fingerprint density at radius 3 is 2.80 bits per heavy atom.